The first-order valence-electron chi connectivity index (χ1n) is 7.17. The van der Waals surface area contributed by atoms with Gasteiger partial charge in [-0.3, -0.25) is 9.59 Å². The van der Waals surface area contributed by atoms with Crippen LogP contribution in [0.25, 0.3) is 0 Å². The Balaban J connectivity index is 1.64. The Morgan fingerprint density at radius 1 is 1.09 bits per heavy atom. The number of morpholine rings is 1. The van der Waals surface area contributed by atoms with Crippen molar-refractivity contribution in [1.82, 2.24) is 4.90 Å². The molecule has 1 saturated heterocycles. The maximum absolute atomic E-state index is 12.3. The zero-order chi connectivity index (χ0) is 16.2. The maximum atomic E-state index is 12.3. The number of amides is 2. The Bertz CT molecular complexity index is 708. The fourth-order valence-electron chi connectivity index (χ4n) is 2.27. The molecule has 2 heterocycles. The van der Waals surface area contributed by atoms with Gasteiger partial charge in [0.1, 0.15) is 0 Å². The molecule has 2 amide bonds. The number of carbonyl (C=O) groups excluding carboxylic acids is 2. The van der Waals surface area contributed by atoms with Crippen LogP contribution in [0.1, 0.15) is 20.0 Å². The van der Waals surface area contributed by atoms with Crippen molar-refractivity contribution in [2.75, 3.05) is 31.6 Å². The fraction of sp³-hybridized carbons (Fsp3) is 0.250. The molecular formula is C16H15BrN2O3S. The van der Waals surface area contributed by atoms with Gasteiger partial charge >= 0.3 is 0 Å². The first-order valence-corrected chi connectivity index (χ1v) is 8.78. The number of hydrogen-bond donors (Lipinski definition) is 1. The Morgan fingerprint density at radius 3 is 2.39 bits per heavy atom. The van der Waals surface area contributed by atoms with E-state index in [0.29, 0.717) is 42.4 Å². The van der Waals surface area contributed by atoms with Gasteiger partial charge in [-0.1, -0.05) is 0 Å². The number of anilines is 1. The predicted octanol–water partition coefficient (Wildman–Crippen LogP) is 3.24. The van der Waals surface area contributed by atoms with Crippen molar-refractivity contribution in [3.05, 3.63) is 50.6 Å². The zero-order valence-corrected chi connectivity index (χ0v) is 14.7. The Labute approximate surface area is 146 Å². The number of hydrogen-bond acceptors (Lipinski definition) is 4. The van der Waals surface area contributed by atoms with E-state index >= 15 is 0 Å². The van der Waals surface area contributed by atoms with E-state index in [2.05, 4.69) is 21.2 Å². The molecule has 0 radical (unpaired) electrons. The average Bonchev–Trinajstić information content (AvgIpc) is 3.02. The summed E-state index contributed by atoms with van der Waals surface area (Å²) in [6.45, 7) is 2.39. The molecule has 0 spiro atoms. The number of benzene rings is 1. The van der Waals surface area contributed by atoms with Crippen LogP contribution >= 0.6 is 27.3 Å². The van der Waals surface area contributed by atoms with E-state index in [9.17, 15) is 9.59 Å². The highest BCUT2D eigenvalue weighted by atomic mass is 79.9. The van der Waals surface area contributed by atoms with Crippen LogP contribution in [0.4, 0.5) is 5.69 Å². The van der Waals surface area contributed by atoms with E-state index in [-0.39, 0.29) is 11.8 Å². The Kier molecular flexibility index (Phi) is 5.09. The summed E-state index contributed by atoms with van der Waals surface area (Å²) < 4.78 is 6.16. The van der Waals surface area contributed by atoms with Crippen LogP contribution < -0.4 is 5.32 Å². The quantitative estimate of drug-likeness (QED) is 0.868. The van der Waals surface area contributed by atoms with Crippen molar-refractivity contribution >= 4 is 44.8 Å². The van der Waals surface area contributed by atoms with Crippen LogP contribution in [0.2, 0.25) is 0 Å². The molecular weight excluding hydrogens is 380 g/mol. The number of nitrogens with zero attached hydrogens (tertiary/aromatic N) is 1. The minimum absolute atomic E-state index is 0.00614. The standard InChI is InChI=1S/C16H15BrN2O3S/c17-14-6-5-13(23-14)15(20)18-12-3-1-11(2-4-12)16(21)19-7-9-22-10-8-19/h1-6H,7-10H2,(H,18,20). The van der Waals surface area contributed by atoms with E-state index in [1.165, 1.54) is 11.3 Å². The van der Waals surface area contributed by atoms with Gasteiger partial charge in [0, 0.05) is 24.3 Å². The van der Waals surface area contributed by atoms with Crippen LogP contribution in [0, 0.1) is 0 Å². The summed E-state index contributed by atoms with van der Waals surface area (Å²) in [5, 5.41) is 2.82. The smallest absolute Gasteiger partial charge is 0.265 e. The highest BCUT2D eigenvalue weighted by Gasteiger charge is 2.18. The maximum Gasteiger partial charge on any atom is 0.265 e. The molecule has 5 nitrogen and oxygen atoms in total. The van der Waals surface area contributed by atoms with Gasteiger partial charge in [0.05, 0.1) is 21.9 Å². The Morgan fingerprint density at radius 2 is 1.78 bits per heavy atom. The number of halogens is 1. The third-order valence-electron chi connectivity index (χ3n) is 3.49. The first-order chi connectivity index (χ1) is 11.1. The lowest BCUT2D eigenvalue weighted by Crippen LogP contribution is -2.40. The summed E-state index contributed by atoms with van der Waals surface area (Å²) in [6.07, 6.45) is 0. The predicted molar refractivity (Wildman–Crippen MR) is 93.1 cm³/mol. The number of rotatable bonds is 3. The summed E-state index contributed by atoms with van der Waals surface area (Å²) in [6, 6.07) is 10.6. The average molecular weight is 395 g/mol. The fourth-order valence-corrected chi connectivity index (χ4v) is 3.56. The zero-order valence-electron chi connectivity index (χ0n) is 12.3. The molecule has 1 aliphatic rings. The lowest BCUT2D eigenvalue weighted by atomic mass is 10.1. The van der Waals surface area contributed by atoms with Crippen molar-refractivity contribution in [2.24, 2.45) is 0 Å². The van der Waals surface area contributed by atoms with Gasteiger partial charge in [0.2, 0.25) is 0 Å². The lowest BCUT2D eigenvalue weighted by Gasteiger charge is -2.26. The highest BCUT2D eigenvalue weighted by molar-refractivity contribution is 9.11. The summed E-state index contributed by atoms with van der Waals surface area (Å²) in [5.41, 5.74) is 1.28. The molecule has 1 aromatic heterocycles. The van der Waals surface area contributed by atoms with Crippen LogP contribution in [0.5, 0.6) is 0 Å². The molecule has 0 saturated carbocycles. The second-order valence-corrected chi connectivity index (χ2v) is 7.50. The molecule has 1 aliphatic heterocycles. The van der Waals surface area contributed by atoms with Gasteiger partial charge in [-0.25, -0.2) is 0 Å². The van der Waals surface area contributed by atoms with Gasteiger partial charge in [-0.15, -0.1) is 11.3 Å². The molecule has 2 aromatic rings. The topological polar surface area (TPSA) is 58.6 Å². The molecule has 1 N–H and O–H groups in total. The lowest BCUT2D eigenvalue weighted by molar-refractivity contribution is 0.0303. The normalized spacial score (nSPS) is 14.6. The molecule has 0 bridgehead atoms. The molecule has 0 unspecified atom stereocenters. The van der Waals surface area contributed by atoms with E-state index < -0.39 is 0 Å². The van der Waals surface area contributed by atoms with Gasteiger partial charge in [-0.2, -0.15) is 0 Å². The second kappa shape index (κ2) is 7.25. The molecule has 23 heavy (non-hydrogen) atoms. The highest BCUT2D eigenvalue weighted by Crippen LogP contribution is 2.23. The van der Waals surface area contributed by atoms with Crippen LogP contribution in [-0.4, -0.2) is 43.0 Å². The first kappa shape index (κ1) is 16.2. The number of thiophene rings is 1. The van der Waals surface area contributed by atoms with Crippen LogP contribution in [0.15, 0.2) is 40.2 Å². The van der Waals surface area contributed by atoms with E-state index in [4.69, 9.17) is 4.74 Å². The minimum atomic E-state index is -0.159. The monoisotopic (exact) mass is 394 g/mol. The SMILES string of the molecule is O=C(Nc1ccc(C(=O)N2CCOCC2)cc1)c1ccc(Br)s1. The summed E-state index contributed by atoms with van der Waals surface area (Å²) in [5.74, 6) is -0.165. The molecule has 7 heteroatoms. The van der Waals surface area contributed by atoms with Gasteiger partial charge in [0.25, 0.3) is 11.8 Å². The van der Waals surface area contributed by atoms with Crippen molar-refractivity contribution in [3.8, 4) is 0 Å². The van der Waals surface area contributed by atoms with Crippen LogP contribution in [0.3, 0.4) is 0 Å². The number of ether oxygens (including phenoxy) is 1. The summed E-state index contributed by atoms with van der Waals surface area (Å²) in [4.78, 5) is 26.8. The largest absolute Gasteiger partial charge is 0.378 e. The molecule has 0 aliphatic carbocycles. The molecule has 1 fully saturated rings. The summed E-state index contributed by atoms with van der Waals surface area (Å²) in [7, 11) is 0. The third-order valence-corrected chi connectivity index (χ3v) is 5.11. The van der Waals surface area contributed by atoms with Crippen molar-refractivity contribution in [2.45, 2.75) is 0 Å². The summed E-state index contributed by atoms with van der Waals surface area (Å²) >= 11 is 4.71. The minimum Gasteiger partial charge on any atom is -0.378 e. The van der Waals surface area contributed by atoms with E-state index in [0.717, 1.165) is 3.79 Å². The molecule has 1 aromatic carbocycles. The van der Waals surface area contributed by atoms with E-state index in [1.54, 1.807) is 35.2 Å². The number of nitrogens with one attached hydrogen (secondary N) is 1. The molecule has 0 atom stereocenters. The Hall–Kier alpha value is -1.70. The van der Waals surface area contributed by atoms with Crippen molar-refractivity contribution in [3.63, 3.8) is 0 Å². The molecule has 3 rings (SSSR count). The van der Waals surface area contributed by atoms with E-state index in [1.807, 2.05) is 6.07 Å². The van der Waals surface area contributed by atoms with Gasteiger partial charge in [0.15, 0.2) is 0 Å². The van der Waals surface area contributed by atoms with Crippen molar-refractivity contribution in [1.29, 1.82) is 0 Å². The number of carbonyl (C=O) groups is 2. The second-order valence-electron chi connectivity index (χ2n) is 5.04. The van der Waals surface area contributed by atoms with Gasteiger partial charge < -0.3 is 15.0 Å². The van der Waals surface area contributed by atoms with Gasteiger partial charge in [-0.05, 0) is 52.3 Å². The van der Waals surface area contributed by atoms with Crippen LogP contribution in [-0.2, 0) is 4.74 Å². The van der Waals surface area contributed by atoms with Crippen molar-refractivity contribution < 1.29 is 14.3 Å². The third kappa shape index (κ3) is 3.99. The molecule has 120 valence electrons.